The SMILES string of the molecule is CC[SiH](CC)[SiH2]N(C)C. The van der Waals surface area contributed by atoms with Gasteiger partial charge in [-0.05, 0) is 14.1 Å². The average molecular weight is 161 g/mol. The van der Waals surface area contributed by atoms with Gasteiger partial charge in [-0.1, -0.05) is 25.9 Å². The van der Waals surface area contributed by atoms with Crippen LogP contribution in [0.5, 0.6) is 0 Å². The summed E-state index contributed by atoms with van der Waals surface area (Å²) in [5, 5.41) is 0. The van der Waals surface area contributed by atoms with Crippen LogP contribution in [-0.4, -0.2) is 36.2 Å². The van der Waals surface area contributed by atoms with Crippen LogP contribution in [0.4, 0.5) is 0 Å². The molecule has 0 N–H and O–H groups in total. The highest BCUT2D eigenvalue weighted by Crippen LogP contribution is 1.95. The van der Waals surface area contributed by atoms with E-state index in [1.807, 2.05) is 0 Å². The second-order valence-corrected chi connectivity index (χ2v) is 12.5. The lowest BCUT2D eigenvalue weighted by molar-refractivity contribution is 0.671. The summed E-state index contributed by atoms with van der Waals surface area (Å²) in [5.41, 5.74) is 0. The summed E-state index contributed by atoms with van der Waals surface area (Å²) in [7, 11) is 4.51. The summed E-state index contributed by atoms with van der Waals surface area (Å²) in [4.78, 5) is 0. The molecule has 0 radical (unpaired) electrons. The third-order valence-electron chi connectivity index (χ3n) is 1.78. The molecule has 0 bridgehead atoms. The molecule has 0 aliphatic rings. The van der Waals surface area contributed by atoms with E-state index in [1.165, 1.54) is 12.1 Å². The molecule has 0 aliphatic carbocycles. The maximum atomic E-state index is 2.46. The summed E-state index contributed by atoms with van der Waals surface area (Å²) in [6.45, 7) is 4.72. The van der Waals surface area contributed by atoms with E-state index < -0.39 is 0 Å². The van der Waals surface area contributed by atoms with E-state index in [0.29, 0.717) is 0 Å². The average Bonchev–Trinajstić information content (AvgIpc) is 1.82. The van der Waals surface area contributed by atoms with Crippen molar-refractivity contribution >= 4 is 17.5 Å². The van der Waals surface area contributed by atoms with E-state index >= 15 is 0 Å². The van der Waals surface area contributed by atoms with Gasteiger partial charge < -0.3 is 4.57 Å². The fourth-order valence-corrected chi connectivity index (χ4v) is 7.84. The lowest BCUT2D eigenvalue weighted by Gasteiger charge is -2.14. The van der Waals surface area contributed by atoms with Crippen molar-refractivity contribution in [2.45, 2.75) is 25.9 Å². The fourth-order valence-electron chi connectivity index (χ4n) is 1.06. The predicted molar refractivity (Wildman–Crippen MR) is 50.3 cm³/mol. The number of hydrogen-bond acceptors (Lipinski definition) is 1. The van der Waals surface area contributed by atoms with Crippen molar-refractivity contribution in [3.05, 3.63) is 0 Å². The van der Waals surface area contributed by atoms with Gasteiger partial charge in [0.15, 0.2) is 0 Å². The van der Waals surface area contributed by atoms with Crippen LogP contribution in [0.2, 0.25) is 12.1 Å². The van der Waals surface area contributed by atoms with Crippen LogP contribution in [0.25, 0.3) is 0 Å². The number of nitrogens with zero attached hydrogens (tertiary/aromatic N) is 1. The molecule has 0 heterocycles. The summed E-state index contributed by atoms with van der Waals surface area (Å²) >= 11 is 0. The summed E-state index contributed by atoms with van der Waals surface area (Å²) in [6, 6.07) is 3.03. The smallest absolute Gasteiger partial charge is 0.0825 e. The highest BCUT2D eigenvalue weighted by Gasteiger charge is 2.05. The van der Waals surface area contributed by atoms with Gasteiger partial charge in [-0.3, -0.25) is 0 Å². The minimum Gasteiger partial charge on any atom is -0.337 e. The molecular weight excluding hydrogens is 142 g/mol. The Balaban J connectivity index is 3.31. The molecule has 0 aromatic heterocycles. The Morgan fingerprint density at radius 3 is 1.78 bits per heavy atom. The third-order valence-corrected chi connectivity index (χ3v) is 12.5. The van der Waals surface area contributed by atoms with Crippen molar-refractivity contribution in [3.8, 4) is 0 Å². The molecule has 0 rings (SSSR count). The van der Waals surface area contributed by atoms with Crippen molar-refractivity contribution in [2.75, 3.05) is 14.1 Å². The standard InChI is InChI=1S/C6H19NSi2/c1-5-9(6-2)8-7(3)4/h9H,5-6,8H2,1-4H3. The van der Waals surface area contributed by atoms with Crippen molar-refractivity contribution in [3.63, 3.8) is 0 Å². The summed E-state index contributed by atoms with van der Waals surface area (Å²) < 4.78 is 2.46. The van der Waals surface area contributed by atoms with E-state index in [4.69, 9.17) is 0 Å². The predicted octanol–water partition coefficient (Wildman–Crippen LogP) is 0.395. The second-order valence-electron chi connectivity index (χ2n) is 2.94. The first-order chi connectivity index (χ1) is 4.20. The Morgan fingerprint density at radius 1 is 1.22 bits per heavy atom. The van der Waals surface area contributed by atoms with Crippen LogP contribution in [0, 0.1) is 0 Å². The molecule has 0 fully saturated rings. The first kappa shape index (κ1) is 9.39. The maximum absolute atomic E-state index is 2.46. The van der Waals surface area contributed by atoms with Gasteiger partial charge in [0.2, 0.25) is 0 Å². The number of hydrogen-bond donors (Lipinski definition) is 0. The Morgan fingerprint density at radius 2 is 1.67 bits per heavy atom. The topological polar surface area (TPSA) is 3.24 Å². The zero-order valence-electron chi connectivity index (χ0n) is 7.15. The van der Waals surface area contributed by atoms with Crippen LogP contribution >= 0.6 is 0 Å². The Kier molecular flexibility index (Phi) is 5.43. The van der Waals surface area contributed by atoms with Crippen LogP contribution in [0.1, 0.15) is 13.8 Å². The zero-order chi connectivity index (χ0) is 7.28. The molecule has 9 heavy (non-hydrogen) atoms. The van der Waals surface area contributed by atoms with Crippen molar-refractivity contribution < 1.29 is 0 Å². The zero-order valence-corrected chi connectivity index (χ0v) is 9.71. The third kappa shape index (κ3) is 4.87. The van der Waals surface area contributed by atoms with Gasteiger partial charge in [-0.2, -0.15) is 0 Å². The van der Waals surface area contributed by atoms with Crippen LogP contribution in [-0.2, 0) is 0 Å². The highest BCUT2D eigenvalue weighted by atomic mass is 29.2. The first-order valence-electron chi connectivity index (χ1n) is 3.85. The van der Waals surface area contributed by atoms with Gasteiger partial charge in [-0.15, -0.1) is 0 Å². The van der Waals surface area contributed by atoms with Crippen LogP contribution < -0.4 is 0 Å². The molecule has 0 amide bonds. The van der Waals surface area contributed by atoms with Crippen LogP contribution in [0.3, 0.4) is 0 Å². The van der Waals surface area contributed by atoms with Gasteiger partial charge in [-0.25, -0.2) is 0 Å². The summed E-state index contributed by atoms with van der Waals surface area (Å²) in [5.74, 6) is 0. The molecule has 0 aromatic carbocycles. The highest BCUT2D eigenvalue weighted by molar-refractivity contribution is 7.11. The summed E-state index contributed by atoms with van der Waals surface area (Å²) in [6.07, 6.45) is 0. The van der Waals surface area contributed by atoms with Gasteiger partial charge in [0.25, 0.3) is 0 Å². The van der Waals surface area contributed by atoms with Crippen molar-refractivity contribution in [2.24, 2.45) is 0 Å². The van der Waals surface area contributed by atoms with E-state index in [9.17, 15) is 0 Å². The Labute approximate surface area is 62.7 Å². The largest absolute Gasteiger partial charge is 0.337 e. The van der Waals surface area contributed by atoms with E-state index in [-0.39, 0.29) is 17.5 Å². The molecule has 1 nitrogen and oxygen atoms in total. The lowest BCUT2D eigenvalue weighted by Crippen LogP contribution is -2.32. The van der Waals surface area contributed by atoms with E-state index in [2.05, 4.69) is 32.5 Å². The Bertz CT molecular complexity index is 62.1. The van der Waals surface area contributed by atoms with Gasteiger partial charge in [0.1, 0.15) is 0 Å². The molecule has 0 atom stereocenters. The molecule has 0 saturated carbocycles. The van der Waals surface area contributed by atoms with Crippen molar-refractivity contribution in [1.29, 1.82) is 0 Å². The molecule has 0 aromatic rings. The van der Waals surface area contributed by atoms with Crippen molar-refractivity contribution in [1.82, 2.24) is 4.57 Å². The number of rotatable bonds is 4. The second kappa shape index (κ2) is 5.20. The Hall–Kier alpha value is 0.394. The lowest BCUT2D eigenvalue weighted by atomic mass is 11.0. The fraction of sp³-hybridized carbons (Fsp3) is 1.00. The minimum absolute atomic E-state index is 0.185. The van der Waals surface area contributed by atoms with Gasteiger partial charge in [0, 0.05) is 8.31 Å². The first-order valence-corrected chi connectivity index (χ1v) is 9.38. The molecule has 56 valence electrons. The molecule has 0 unspecified atom stereocenters. The van der Waals surface area contributed by atoms with Crippen LogP contribution in [0.15, 0.2) is 0 Å². The van der Waals surface area contributed by atoms with Gasteiger partial charge >= 0.3 is 0 Å². The van der Waals surface area contributed by atoms with E-state index in [0.717, 1.165) is 0 Å². The quantitative estimate of drug-likeness (QED) is 0.540. The molecular formula is C6H19NSi2. The molecule has 3 heteroatoms. The molecule has 0 spiro atoms. The van der Waals surface area contributed by atoms with E-state index in [1.54, 1.807) is 0 Å². The monoisotopic (exact) mass is 161 g/mol. The maximum Gasteiger partial charge on any atom is 0.0825 e. The molecule has 0 saturated heterocycles. The normalized spacial score (nSPS) is 12.7. The minimum atomic E-state index is -0.185. The molecule has 0 aliphatic heterocycles. The van der Waals surface area contributed by atoms with Gasteiger partial charge in [0.05, 0.1) is 9.20 Å².